The number of phenolic OH excluding ortho intramolecular Hbond substituents is 1. The molecule has 2 aromatic heterocycles. The van der Waals surface area contributed by atoms with Crippen molar-refractivity contribution in [2.24, 2.45) is 14.1 Å². The SMILES string of the molecule is COC(=O)c1ccc(-c2cc(C#N)cc3c2cc(C(F)(F)F)n3C)cc1O.Cn1c(C(F)(F)F)cc2c(Br)cc(C#N)cc21. The van der Waals surface area contributed by atoms with Crippen LogP contribution in [-0.2, 0) is 31.2 Å². The van der Waals surface area contributed by atoms with Gasteiger partial charge in [0.25, 0.3) is 0 Å². The van der Waals surface area contributed by atoms with Crippen LogP contribution in [0.15, 0.2) is 59.1 Å². The summed E-state index contributed by atoms with van der Waals surface area (Å²) in [5.41, 5.74) is 0.133. The Morgan fingerprint density at radius 2 is 1.32 bits per heavy atom. The van der Waals surface area contributed by atoms with Crippen LogP contribution in [0, 0.1) is 22.7 Å². The molecule has 0 radical (unpaired) electrons. The van der Waals surface area contributed by atoms with Crippen LogP contribution in [0.5, 0.6) is 5.75 Å². The highest BCUT2D eigenvalue weighted by molar-refractivity contribution is 9.10. The van der Waals surface area contributed by atoms with Gasteiger partial charge in [0.1, 0.15) is 22.7 Å². The summed E-state index contributed by atoms with van der Waals surface area (Å²) in [6, 6.07) is 15.7. The minimum absolute atomic E-state index is 0.0713. The van der Waals surface area contributed by atoms with E-state index in [0.29, 0.717) is 32.1 Å². The van der Waals surface area contributed by atoms with E-state index in [2.05, 4.69) is 20.7 Å². The minimum atomic E-state index is -4.56. The fraction of sp³-hybridized carbons (Fsp3) is 0.167. The second-order valence-corrected chi connectivity index (χ2v) is 10.3. The summed E-state index contributed by atoms with van der Waals surface area (Å²) in [6.07, 6.45) is -8.96. The molecule has 5 aromatic rings. The molecule has 3 aromatic carbocycles. The number of halogens is 7. The number of aryl methyl sites for hydroxylation is 2. The van der Waals surface area contributed by atoms with Crippen LogP contribution in [0.4, 0.5) is 26.3 Å². The number of rotatable bonds is 2. The fourth-order valence-corrected chi connectivity index (χ4v) is 5.28. The maximum absolute atomic E-state index is 13.3. The molecule has 0 amide bonds. The van der Waals surface area contributed by atoms with Crippen molar-refractivity contribution in [1.82, 2.24) is 9.13 Å². The zero-order valence-electron chi connectivity index (χ0n) is 22.9. The van der Waals surface area contributed by atoms with Crippen molar-refractivity contribution in [3.05, 3.63) is 87.1 Å². The van der Waals surface area contributed by atoms with Crippen LogP contribution in [0.25, 0.3) is 32.9 Å². The highest BCUT2D eigenvalue weighted by Crippen LogP contribution is 2.39. The van der Waals surface area contributed by atoms with Gasteiger partial charge in [0, 0.05) is 29.3 Å². The molecule has 0 bridgehead atoms. The summed E-state index contributed by atoms with van der Waals surface area (Å²) >= 11 is 3.17. The highest BCUT2D eigenvalue weighted by atomic mass is 79.9. The van der Waals surface area contributed by atoms with Crippen molar-refractivity contribution < 1.29 is 41.0 Å². The average Bonchev–Trinajstić information content (AvgIpc) is 3.49. The molecule has 44 heavy (non-hydrogen) atoms. The number of carbonyl (C=O) groups excluding carboxylic acids is 1. The molecular formula is C30H19BrF6N4O3. The number of benzene rings is 3. The van der Waals surface area contributed by atoms with Gasteiger partial charge in [0.15, 0.2) is 0 Å². The lowest BCUT2D eigenvalue weighted by molar-refractivity contribution is -0.143. The number of carbonyl (C=O) groups is 1. The molecule has 0 atom stereocenters. The second-order valence-electron chi connectivity index (χ2n) is 9.47. The summed E-state index contributed by atoms with van der Waals surface area (Å²) in [5, 5.41) is 28.8. The topological polar surface area (TPSA) is 104 Å². The van der Waals surface area contributed by atoms with E-state index in [1.807, 2.05) is 12.1 Å². The molecule has 5 rings (SSSR count). The molecule has 0 aliphatic carbocycles. The zero-order valence-corrected chi connectivity index (χ0v) is 24.5. The Morgan fingerprint density at radius 1 is 0.818 bits per heavy atom. The van der Waals surface area contributed by atoms with E-state index in [1.165, 1.54) is 56.6 Å². The van der Waals surface area contributed by atoms with Crippen molar-refractivity contribution in [3.8, 4) is 29.0 Å². The summed E-state index contributed by atoms with van der Waals surface area (Å²) in [7, 11) is 3.77. The molecule has 0 aliphatic rings. The Morgan fingerprint density at radius 3 is 1.80 bits per heavy atom. The number of methoxy groups -OCH3 is 1. The predicted molar refractivity (Wildman–Crippen MR) is 151 cm³/mol. The number of alkyl halides is 6. The van der Waals surface area contributed by atoms with Crippen molar-refractivity contribution in [1.29, 1.82) is 10.5 Å². The Bertz CT molecular complexity index is 2030. The van der Waals surface area contributed by atoms with Crippen LogP contribution in [0.1, 0.15) is 32.9 Å². The molecule has 0 unspecified atom stereocenters. The van der Waals surface area contributed by atoms with Gasteiger partial charge < -0.3 is 19.0 Å². The molecule has 0 saturated heterocycles. The van der Waals surface area contributed by atoms with Crippen LogP contribution >= 0.6 is 15.9 Å². The van der Waals surface area contributed by atoms with E-state index in [-0.39, 0.29) is 27.8 Å². The molecule has 0 fully saturated rings. The molecular weight excluding hydrogens is 658 g/mol. The smallest absolute Gasteiger partial charge is 0.431 e. The molecule has 1 N–H and O–H groups in total. The first kappa shape index (κ1) is 32.0. The summed E-state index contributed by atoms with van der Waals surface area (Å²) in [5.74, 6) is -1.11. The first-order valence-corrected chi connectivity index (χ1v) is 13.1. The number of hydrogen-bond donors (Lipinski definition) is 1. The Hall–Kier alpha value is -4.95. The predicted octanol–water partition coefficient (Wildman–Crippen LogP) is 8.06. The van der Waals surface area contributed by atoms with Crippen LogP contribution in [0.2, 0.25) is 0 Å². The van der Waals surface area contributed by atoms with Crippen molar-refractivity contribution in [2.75, 3.05) is 7.11 Å². The van der Waals surface area contributed by atoms with Crippen LogP contribution < -0.4 is 0 Å². The largest absolute Gasteiger partial charge is 0.507 e. The van der Waals surface area contributed by atoms with Crippen molar-refractivity contribution in [3.63, 3.8) is 0 Å². The van der Waals surface area contributed by atoms with Crippen molar-refractivity contribution >= 4 is 43.7 Å². The standard InChI is InChI=1S/C19H13F3N2O3.C11H6BrF3N2/c1-24-15-6-10(9-23)5-13(14(15)8-17(24)19(20,21)22)11-3-4-12(16(25)7-11)18(26)27-2;1-17-9-3-6(5-16)2-8(12)7(9)4-10(17)11(13,14)15/h3-8,25H,1-2H3;2-4H,1H3. The molecule has 7 nitrogen and oxygen atoms in total. The Balaban J connectivity index is 0.000000223. The minimum Gasteiger partial charge on any atom is -0.507 e. The maximum atomic E-state index is 13.3. The molecule has 0 aliphatic heterocycles. The van der Waals surface area contributed by atoms with Gasteiger partial charge >= 0.3 is 18.3 Å². The van der Waals surface area contributed by atoms with Gasteiger partial charge in [0.05, 0.1) is 41.4 Å². The van der Waals surface area contributed by atoms with E-state index in [4.69, 9.17) is 5.26 Å². The normalized spacial score (nSPS) is 11.5. The monoisotopic (exact) mass is 676 g/mol. The number of hydrogen-bond acceptors (Lipinski definition) is 5. The number of fused-ring (bicyclic) bond motifs is 2. The molecule has 14 heteroatoms. The summed E-state index contributed by atoms with van der Waals surface area (Å²) in [4.78, 5) is 11.6. The Kier molecular flexibility index (Phi) is 8.44. The number of esters is 1. The van der Waals surface area contributed by atoms with Crippen LogP contribution in [0.3, 0.4) is 0 Å². The fourth-order valence-electron chi connectivity index (χ4n) is 4.71. The lowest BCUT2D eigenvalue weighted by atomic mass is 9.97. The number of nitrogens with zero attached hydrogens (tertiary/aromatic N) is 4. The molecule has 226 valence electrons. The van der Waals surface area contributed by atoms with Gasteiger partial charge in [-0.15, -0.1) is 0 Å². The number of aromatic nitrogens is 2. The van der Waals surface area contributed by atoms with E-state index in [1.54, 1.807) is 0 Å². The third-order valence-electron chi connectivity index (χ3n) is 6.83. The first-order chi connectivity index (χ1) is 20.5. The van der Waals surface area contributed by atoms with Gasteiger partial charge in [-0.3, -0.25) is 0 Å². The number of phenols is 1. The summed E-state index contributed by atoms with van der Waals surface area (Å²) in [6.45, 7) is 0. The molecule has 0 saturated carbocycles. The second kappa shape index (κ2) is 11.6. The number of nitriles is 2. The van der Waals surface area contributed by atoms with E-state index >= 15 is 0 Å². The lowest BCUT2D eigenvalue weighted by Gasteiger charge is -2.09. The molecule has 0 spiro atoms. The average molecular weight is 677 g/mol. The maximum Gasteiger partial charge on any atom is 0.431 e. The van der Waals surface area contributed by atoms with E-state index in [0.717, 1.165) is 28.4 Å². The lowest BCUT2D eigenvalue weighted by Crippen LogP contribution is -2.10. The number of ether oxygens (including phenoxy) is 1. The van der Waals surface area contributed by atoms with E-state index < -0.39 is 29.7 Å². The highest BCUT2D eigenvalue weighted by Gasteiger charge is 2.36. The van der Waals surface area contributed by atoms with Gasteiger partial charge in [0.2, 0.25) is 0 Å². The van der Waals surface area contributed by atoms with Gasteiger partial charge in [-0.1, -0.05) is 22.0 Å². The third kappa shape index (κ3) is 5.94. The Labute approximate surface area is 253 Å². The van der Waals surface area contributed by atoms with Gasteiger partial charge in [-0.05, 0) is 59.7 Å². The first-order valence-electron chi connectivity index (χ1n) is 12.3. The van der Waals surface area contributed by atoms with Crippen molar-refractivity contribution in [2.45, 2.75) is 12.4 Å². The quantitative estimate of drug-likeness (QED) is 0.150. The molecule has 2 heterocycles. The van der Waals surface area contributed by atoms with Gasteiger partial charge in [-0.2, -0.15) is 36.9 Å². The van der Waals surface area contributed by atoms with Gasteiger partial charge in [-0.25, -0.2) is 4.79 Å². The third-order valence-corrected chi connectivity index (χ3v) is 7.48. The zero-order chi connectivity index (χ0) is 32.7. The number of aromatic hydroxyl groups is 1. The summed E-state index contributed by atoms with van der Waals surface area (Å²) < 4.78 is 85.0. The van der Waals surface area contributed by atoms with Crippen LogP contribution in [-0.4, -0.2) is 27.3 Å². The van der Waals surface area contributed by atoms with E-state index in [9.17, 15) is 41.5 Å².